The van der Waals surface area contributed by atoms with Gasteiger partial charge in [0.15, 0.2) is 5.65 Å². The fraction of sp³-hybridized carbons (Fsp3) is 0. The number of rotatable bonds is 2. The molecule has 7 heteroatoms. The standard InChI is InChI=1S/C15H9ClN4OS/c16-10-3-1-9(2-4-10)12-7-13(21)20-14(19-12)11(8-18-20)15-17-5-6-22-15/h1-8,18H. The van der Waals surface area contributed by atoms with Crippen LogP contribution in [0, 0.1) is 0 Å². The Labute approximate surface area is 133 Å². The smallest absolute Gasteiger partial charge is 0.273 e. The van der Waals surface area contributed by atoms with Gasteiger partial charge in [0, 0.05) is 34.4 Å². The number of hydrogen-bond acceptors (Lipinski definition) is 4. The molecule has 0 unspecified atom stereocenters. The van der Waals surface area contributed by atoms with E-state index in [0.717, 1.165) is 16.1 Å². The van der Waals surface area contributed by atoms with Gasteiger partial charge >= 0.3 is 0 Å². The van der Waals surface area contributed by atoms with Gasteiger partial charge in [0.1, 0.15) is 5.01 Å². The van der Waals surface area contributed by atoms with Gasteiger partial charge in [0.05, 0.1) is 11.3 Å². The second kappa shape index (κ2) is 5.08. The number of thiazole rings is 1. The third-order valence-corrected chi connectivity index (χ3v) is 4.36. The van der Waals surface area contributed by atoms with E-state index in [1.54, 1.807) is 24.5 Å². The highest BCUT2D eigenvalue weighted by Crippen LogP contribution is 2.26. The molecule has 5 nitrogen and oxygen atoms in total. The van der Waals surface area contributed by atoms with Gasteiger partial charge in [-0.3, -0.25) is 9.89 Å². The van der Waals surface area contributed by atoms with Crippen molar-refractivity contribution >= 4 is 28.6 Å². The summed E-state index contributed by atoms with van der Waals surface area (Å²) in [6.07, 6.45) is 3.47. The first kappa shape index (κ1) is 13.2. The van der Waals surface area contributed by atoms with Crippen molar-refractivity contribution in [1.82, 2.24) is 19.6 Å². The highest BCUT2D eigenvalue weighted by molar-refractivity contribution is 7.13. The molecule has 0 aliphatic carbocycles. The van der Waals surface area contributed by atoms with Crippen LogP contribution in [0.4, 0.5) is 0 Å². The Hall–Kier alpha value is -2.44. The molecule has 0 saturated heterocycles. The Morgan fingerprint density at radius 1 is 1.23 bits per heavy atom. The molecule has 0 bridgehead atoms. The fourth-order valence-electron chi connectivity index (χ4n) is 2.26. The molecule has 0 amide bonds. The summed E-state index contributed by atoms with van der Waals surface area (Å²) in [5, 5.41) is 6.27. The molecule has 4 aromatic rings. The van der Waals surface area contributed by atoms with Gasteiger partial charge in [0.2, 0.25) is 0 Å². The number of benzene rings is 1. The lowest BCUT2D eigenvalue weighted by Crippen LogP contribution is -2.14. The van der Waals surface area contributed by atoms with Crippen LogP contribution in [0.3, 0.4) is 0 Å². The molecule has 0 aliphatic heterocycles. The molecule has 0 saturated carbocycles. The Morgan fingerprint density at radius 2 is 2.05 bits per heavy atom. The molecule has 3 aromatic heterocycles. The lowest BCUT2D eigenvalue weighted by molar-refractivity contribution is 0.901. The monoisotopic (exact) mass is 328 g/mol. The molecule has 108 valence electrons. The van der Waals surface area contributed by atoms with E-state index < -0.39 is 0 Å². The van der Waals surface area contributed by atoms with E-state index >= 15 is 0 Å². The summed E-state index contributed by atoms with van der Waals surface area (Å²) in [4.78, 5) is 21.2. The van der Waals surface area contributed by atoms with Crippen LogP contribution in [-0.4, -0.2) is 19.6 Å². The minimum absolute atomic E-state index is 0.169. The molecule has 0 aliphatic rings. The number of hydrogen-bond donors (Lipinski definition) is 1. The van der Waals surface area contributed by atoms with Crippen LogP contribution in [0.2, 0.25) is 5.02 Å². The lowest BCUT2D eigenvalue weighted by Gasteiger charge is -2.02. The Morgan fingerprint density at radius 3 is 2.77 bits per heavy atom. The van der Waals surface area contributed by atoms with Crippen LogP contribution in [0.5, 0.6) is 0 Å². The summed E-state index contributed by atoms with van der Waals surface area (Å²) < 4.78 is 1.41. The van der Waals surface area contributed by atoms with E-state index in [1.165, 1.54) is 21.9 Å². The second-order valence-electron chi connectivity index (χ2n) is 4.67. The number of H-pyrrole nitrogens is 1. The van der Waals surface area contributed by atoms with Gasteiger partial charge in [-0.2, -0.15) is 0 Å². The molecule has 22 heavy (non-hydrogen) atoms. The van der Waals surface area contributed by atoms with E-state index in [9.17, 15) is 4.79 Å². The lowest BCUT2D eigenvalue weighted by atomic mass is 10.1. The summed E-state index contributed by atoms with van der Waals surface area (Å²) in [7, 11) is 0. The summed E-state index contributed by atoms with van der Waals surface area (Å²) >= 11 is 7.40. The highest BCUT2D eigenvalue weighted by atomic mass is 35.5. The SMILES string of the molecule is O=c1cc(-c2ccc(Cl)cc2)nc2c(-c3nccs3)c[nH]n12. The first-order valence-corrected chi connectivity index (χ1v) is 7.75. The Balaban J connectivity index is 1.96. The van der Waals surface area contributed by atoms with E-state index in [4.69, 9.17) is 11.6 Å². The highest BCUT2D eigenvalue weighted by Gasteiger charge is 2.13. The number of nitrogens with zero attached hydrogens (tertiary/aromatic N) is 3. The van der Waals surface area contributed by atoms with Crippen LogP contribution in [0.15, 0.2) is 52.9 Å². The zero-order valence-corrected chi connectivity index (χ0v) is 12.7. The number of fused-ring (bicyclic) bond motifs is 1. The van der Waals surface area contributed by atoms with Crippen LogP contribution in [-0.2, 0) is 0 Å². The summed E-state index contributed by atoms with van der Waals surface area (Å²) in [6.45, 7) is 0. The summed E-state index contributed by atoms with van der Waals surface area (Å²) in [5.74, 6) is 0. The number of aromatic nitrogens is 4. The van der Waals surface area contributed by atoms with E-state index in [0.29, 0.717) is 16.4 Å². The summed E-state index contributed by atoms with van der Waals surface area (Å²) in [5.41, 5.74) is 2.66. The minimum atomic E-state index is -0.169. The maximum Gasteiger partial charge on any atom is 0.273 e. The van der Waals surface area contributed by atoms with Crippen LogP contribution >= 0.6 is 22.9 Å². The average Bonchev–Trinajstić information content (AvgIpc) is 3.16. The van der Waals surface area contributed by atoms with Crippen LogP contribution in [0.1, 0.15) is 0 Å². The van der Waals surface area contributed by atoms with Crippen molar-refractivity contribution in [3.8, 4) is 21.8 Å². The molecule has 0 fully saturated rings. The zero-order chi connectivity index (χ0) is 15.1. The summed E-state index contributed by atoms with van der Waals surface area (Å²) in [6, 6.07) is 8.74. The van der Waals surface area contributed by atoms with Gasteiger partial charge < -0.3 is 0 Å². The van der Waals surface area contributed by atoms with Crippen molar-refractivity contribution in [2.75, 3.05) is 0 Å². The van der Waals surface area contributed by atoms with Gasteiger partial charge in [-0.25, -0.2) is 14.5 Å². The van der Waals surface area contributed by atoms with Crippen molar-refractivity contribution in [2.24, 2.45) is 0 Å². The third kappa shape index (κ3) is 2.13. The third-order valence-electron chi connectivity index (χ3n) is 3.30. The van der Waals surface area contributed by atoms with Crippen molar-refractivity contribution < 1.29 is 0 Å². The predicted molar refractivity (Wildman–Crippen MR) is 87.4 cm³/mol. The Bertz CT molecular complexity index is 1000. The molecule has 0 atom stereocenters. The van der Waals surface area contributed by atoms with E-state index in [1.807, 2.05) is 17.5 Å². The largest absolute Gasteiger partial charge is 0.296 e. The van der Waals surface area contributed by atoms with E-state index in [-0.39, 0.29) is 5.56 Å². The number of nitrogens with one attached hydrogen (secondary N) is 1. The van der Waals surface area contributed by atoms with Crippen molar-refractivity contribution in [2.45, 2.75) is 0 Å². The zero-order valence-electron chi connectivity index (χ0n) is 11.2. The van der Waals surface area contributed by atoms with Gasteiger partial charge in [-0.15, -0.1) is 11.3 Å². The first-order chi connectivity index (χ1) is 10.7. The topological polar surface area (TPSA) is 63.0 Å². The molecule has 1 N–H and O–H groups in total. The van der Waals surface area contributed by atoms with Gasteiger partial charge in [-0.1, -0.05) is 23.7 Å². The molecule has 1 aromatic carbocycles. The number of halogens is 1. The maximum atomic E-state index is 12.3. The average molecular weight is 329 g/mol. The van der Waals surface area contributed by atoms with Gasteiger partial charge in [0.25, 0.3) is 5.56 Å². The van der Waals surface area contributed by atoms with Crippen molar-refractivity contribution in [3.05, 3.63) is 63.5 Å². The normalized spacial score (nSPS) is 11.1. The Kier molecular flexibility index (Phi) is 3.06. The van der Waals surface area contributed by atoms with Crippen molar-refractivity contribution in [1.29, 1.82) is 0 Å². The molecular weight excluding hydrogens is 320 g/mol. The van der Waals surface area contributed by atoms with Gasteiger partial charge in [-0.05, 0) is 12.1 Å². The second-order valence-corrected chi connectivity index (χ2v) is 6.00. The molecular formula is C15H9ClN4OS. The van der Waals surface area contributed by atoms with Crippen LogP contribution < -0.4 is 5.56 Å². The quantitative estimate of drug-likeness (QED) is 0.613. The van der Waals surface area contributed by atoms with Crippen LogP contribution in [0.25, 0.3) is 27.5 Å². The molecule has 0 radical (unpaired) electrons. The maximum absolute atomic E-state index is 12.3. The predicted octanol–water partition coefficient (Wildman–Crippen LogP) is 3.47. The molecule has 3 heterocycles. The molecule has 0 spiro atoms. The fourth-order valence-corrected chi connectivity index (χ4v) is 3.04. The number of aromatic amines is 1. The first-order valence-electron chi connectivity index (χ1n) is 6.49. The van der Waals surface area contributed by atoms with Crippen molar-refractivity contribution in [3.63, 3.8) is 0 Å². The molecule has 4 rings (SSSR count). The van der Waals surface area contributed by atoms with E-state index in [2.05, 4.69) is 15.1 Å². The minimum Gasteiger partial charge on any atom is -0.296 e.